The van der Waals surface area contributed by atoms with Crippen LogP contribution in [0, 0.1) is 13.8 Å². The standard InChI is InChI=1S/C24H22N4O3S/c1-17-5-3-6-21(15-17)27-32(30,31)23-16-20(10-7-18(23)2)26-24(29)19-8-11-22(12-9-19)28-14-4-13-25-28/h3-16,27H,1-2H3,(H,26,29). The fraction of sp³-hybridized carbons (Fsp3) is 0.0833. The van der Waals surface area contributed by atoms with Gasteiger partial charge >= 0.3 is 0 Å². The summed E-state index contributed by atoms with van der Waals surface area (Å²) in [5.74, 6) is -0.337. The first-order valence-electron chi connectivity index (χ1n) is 9.93. The van der Waals surface area contributed by atoms with Crippen LogP contribution in [0.3, 0.4) is 0 Å². The molecule has 0 aliphatic heterocycles. The van der Waals surface area contributed by atoms with E-state index in [4.69, 9.17) is 0 Å². The number of aryl methyl sites for hydroxylation is 2. The summed E-state index contributed by atoms with van der Waals surface area (Å²) in [5.41, 5.74) is 3.67. The van der Waals surface area contributed by atoms with Crippen molar-refractivity contribution in [3.05, 3.63) is 102 Å². The summed E-state index contributed by atoms with van der Waals surface area (Å²) < 4.78 is 30.2. The molecule has 7 nitrogen and oxygen atoms in total. The number of hydrogen-bond donors (Lipinski definition) is 2. The number of carbonyl (C=O) groups excluding carboxylic acids is 1. The molecule has 0 spiro atoms. The highest BCUT2D eigenvalue weighted by Crippen LogP contribution is 2.24. The van der Waals surface area contributed by atoms with Crippen LogP contribution in [0.4, 0.5) is 11.4 Å². The Hall–Kier alpha value is -3.91. The van der Waals surface area contributed by atoms with Gasteiger partial charge in [0.15, 0.2) is 0 Å². The Morgan fingerprint density at radius 2 is 1.69 bits per heavy atom. The fourth-order valence-corrected chi connectivity index (χ4v) is 4.60. The molecule has 1 heterocycles. The van der Waals surface area contributed by atoms with Crippen LogP contribution in [0.15, 0.2) is 90.1 Å². The number of nitrogens with zero attached hydrogens (tertiary/aromatic N) is 2. The van der Waals surface area contributed by atoms with Crippen molar-refractivity contribution < 1.29 is 13.2 Å². The normalized spacial score (nSPS) is 11.2. The van der Waals surface area contributed by atoms with Gasteiger partial charge in [-0.3, -0.25) is 9.52 Å². The lowest BCUT2D eigenvalue weighted by molar-refractivity contribution is 0.102. The minimum absolute atomic E-state index is 0.103. The molecule has 0 aliphatic carbocycles. The van der Waals surface area contributed by atoms with E-state index < -0.39 is 10.0 Å². The minimum Gasteiger partial charge on any atom is -0.322 e. The lowest BCUT2D eigenvalue weighted by Gasteiger charge is -2.13. The number of hydrogen-bond acceptors (Lipinski definition) is 4. The van der Waals surface area contributed by atoms with Crippen LogP contribution in [0.25, 0.3) is 5.69 Å². The fourth-order valence-electron chi connectivity index (χ4n) is 3.28. The number of nitrogens with one attached hydrogen (secondary N) is 2. The van der Waals surface area contributed by atoms with E-state index in [0.717, 1.165) is 11.3 Å². The van der Waals surface area contributed by atoms with E-state index in [9.17, 15) is 13.2 Å². The monoisotopic (exact) mass is 446 g/mol. The maximum Gasteiger partial charge on any atom is 0.262 e. The SMILES string of the molecule is Cc1cccc(NS(=O)(=O)c2cc(NC(=O)c3ccc(-n4cccn4)cc3)ccc2C)c1. The minimum atomic E-state index is -3.83. The molecule has 0 saturated carbocycles. The predicted octanol–water partition coefficient (Wildman–Crippen LogP) is 4.54. The Morgan fingerprint density at radius 3 is 2.38 bits per heavy atom. The molecule has 4 rings (SSSR count). The smallest absolute Gasteiger partial charge is 0.262 e. The van der Waals surface area contributed by atoms with Gasteiger partial charge in [-0.05, 0) is 79.6 Å². The van der Waals surface area contributed by atoms with E-state index in [2.05, 4.69) is 15.1 Å². The van der Waals surface area contributed by atoms with Crippen molar-refractivity contribution >= 4 is 27.3 Å². The summed E-state index contributed by atoms with van der Waals surface area (Å²) in [4.78, 5) is 12.8. The van der Waals surface area contributed by atoms with E-state index in [-0.39, 0.29) is 10.8 Å². The van der Waals surface area contributed by atoms with Crippen LogP contribution in [-0.2, 0) is 10.0 Å². The largest absolute Gasteiger partial charge is 0.322 e. The van der Waals surface area contributed by atoms with Crippen LogP contribution in [-0.4, -0.2) is 24.1 Å². The van der Waals surface area contributed by atoms with Crippen molar-refractivity contribution in [1.29, 1.82) is 0 Å². The molecule has 0 saturated heterocycles. The molecule has 32 heavy (non-hydrogen) atoms. The molecule has 162 valence electrons. The topological polar surface area (TPSA) is 93.1 Å². The molecule has 1 aromatic heterocycles. The molecule has 2 N–H and O–H groups in total. The van der Waals surface area contributed by atoms with Gasteiger partial charge in [0.25, 0.3) is 15.9 Å². The molecule has 0 aliphatic rings. The molecule has 0 atom stereocenters. The summed E-state index contributed by atoms with van der Waals surface area (Å²) in [7, 11) is -3.83. The van der Waals surface area contributed by atoms with Crippen molar-refractivity contribution in [3.8, 4) is 5.69 Å². The zero-order chi connectivity index (χ0) is 22.7. The zero-order valence-corrected chi connectivity index (χ0v) is 18.4. The van der Waals surface area contributed by atoms with Crippen molar-refractivity contribution in [1.82, 2.24) is 9.78 Å². The third-order valence-electron chi connectivity index (χ3n) is 4.90. The Kier molecular flexibility index (Phi) is 5.79. The van der Waals surface area contributed by atoms with E-state index in [1.807, 2.05) is 25.3 Å². The van der Waals surface area contributed by atoms with Gasteiger partial charge in [-0.1, -0.05) is 18.2 Å². The second-order valence-corrected chi connectivity index (χ2v) is 9.06. The van der Waals surface area contributed by atoms with Gasteiger partial charge in [0.2, 0.25) is 0 Å². The van der Waals surface area contributed by atoms with Gasteiger partial charge in [-0.15, -0.1) is 0 Å². The average molecular weight is 447 g/mol. The van der Waals surface area contributed by atoms with Crippen molar-refractivity contribution in [2.45, 2.75) is 18.7 Å². The van der Waals surface area contributed by atoms with Crippen LogP contribution in [0.1, 0.15) is 21.5 Å². The predicted molar refractivity (Wildman–Crippen MR) is 125 cm³/mol. The number of anilines is 2. The van der Waals surface area contributed by atoms with Crippen molar-refractivity contribution in [2.24, 2.45) is 0 Å². The summed E-state index contributed by atoms with van der Waals surface area (Å²) in [6.07, 6.45) is 3.49. The highest BCUT2D eigenvalue weighted by atomic mass is 32.2. The number of carbonyl (C=O) groups is 1. The molecule has 1 amide bonds. The maximum absolute atomic E-state index is 13.0. The molecule has 0 fully saturated rings. The molecule has 8 heteroatoms. The van der Waals surface area contributed by atoms with Gasteiger partial charge in [-0.25, -0.2) is 13.1 Å². The Morgan fingerprint density at radius 1 is 0.906 bits per heavy atom. The molecule has 4 aromatic rings. The maximum atomic E-state index is 13.0. The number of benzene rings is 3. The van der Waals surface area contributed by atoms with Crippen molar-refractivity contribution in [3.63, 3.8) is 0 Å². The molecule has 0 unspecified atom stereocenters. The molecule has 3 aromatic carbocycles. The Labute approximate surface area is 186 Å². The lowest BCUT2D eigenvalue weighted by Crippen LogP contribution is -2.16. The Balaban J connectivity index is 1.54. The first-order valence-corrected chi connectivity index (χ1v) is 11.4. The molecular formula is C24H22N4O3S. The van der Waals surface area contributed by atoms with Crippen molar-refractivity contribution in [2.75, 3.05) is 10.0 Å². The Bertz CT molecular complexity index is 1360. The van der Waals surface area contributed by atoms with Crippen LogP contribution < -0.4 is 10.0 Å². The van der Waals surface area contributed by atoms with E-state index in [1.54, 1.807) is 72.4 Å². The van der Waals surface area contributed by atoms with Gasteiger partial charge in [0.05, 0.1) is 10.6 Å². The second-order valence-electron chi connectivity index (χ2n) is 7.41. The first-order chi connectivity index (χ1) is 15.3. The highest BCUT2D eigenvalue weighted by Gasteiger charge is 2.18. The molecule has 0 radical (unpaired) electrons. The molecule has 0 bridgehead atoms. The highest BCUT2D eigenvalue weighted by molar-refractivity contribution is 7.92. The van der Waals surface area contributed by atoms with E-state index >= 15 is 0 Å². The van der Waals surface area contributed by atoms with Gasteiger partial charge in [0.1, 0.15) is 0 Å². The number of sulfonamides is 1. The van der Waals surface area contributed by atoms with E-state index in [0.29, 0.717) is 22.5 Å². The second kappa shape index (κ2) is 8.68. The summed E-state index contributed by atoms with van der Waals surface area (Å²) >= 11 is 0. The van der Waals surface area contributed by atoms with Gasteiger partial charge in [-0.2, -0.15) is 5.10 Å². The summed E-state index contributed by atoms with van der Waals surface area (Å²) in [6.45, 7) is 3.60. The lowest BCUT2D eigenvalue weighted by atomic mass is 10.1. The number of amides is 1. The van der Waals surface area contributed by atoms with E-state index in [1.165, 1.54) is 6.07 Å². The first kappa shape index (κ1) is 21.3. The molecular weight excluding hydrogens is 424 g/mol. The summed E-state index contributed by atoms with van der Waals surface area (Å²) in [6, 6.07) is 20.7. The number of aromatic nitrogens is 2. The van der Waals surface area contributed by atoms with Crippen LogP contribution >= 0.6 is 0 Å². The third-order valence-corrected chi connectivity index (χ3v) is 6.43. The summed E-state index contributed by atoms with van der Waals surface area (Å²) in [5, 5.41) is 6.93. The van der Waals surface area contributed by atoms with Crippen LogP contribution in [0.5, 0.6) is 0 Å². The van der Waals surface area contributed by atoms with Crippen LogP contribution in [0.2, 0.25) is 0 Å². The quantitative estimate of drug-likeness (QED) is 0.455. The van der Waals surface area contributed by atoms with Gasteiger partial charge < -0.3 is 5.32 Å². The average Bonchev–Trinajstić information content (AvgIpc) is 3.30. The number of rotatable bonds is 6. The third kappa shape index (κ3) is 4.70. The van der Waals surface area contributed by atoms with Gasteiger partial charge in [0, 0.05) is 29.3 Å². The zero-order valence-electron chi connectivity index (χ0n) is 17.6.